The Morgan fingerprint density at radius 3 is 2.70 bits per heavy atom. The second-order valence-electron chi connectivity index (χ2n) is 7.78. The zero-order valence-corrected chi connectivity index (χ0v) is 17.7. The van der Waals surface area contributed by atoms with E-state index in [4.69, 9.17) is 9.47 Å². The Hall–Kier alpha value is -4.46. The Morgan fingerprint density at radius 1 is 1.06 bits per heavy atom. The van der Waals surface area contributed by atoms with Gasteiger partial charge in [-0.1, -0.05) is 30.3 Å². The van der Waals surface area contributed by atoms with Crippen molar-refractivity contribution < 1.29 is 14.3 Å². The van der Waals surface area contributed by atoms with Crippen molar-refractivity contribution in [1.82, 2.24) is 19.7 Å². The Balaban J connectivity index is 1.56. The van der Waals surface area contributed by atoms with E-state index in [9.17, 15) is 4.79 Å². The van der Waals surface area contributed by atoms with Gasteiger partial charge in [-0.05, 0) is 41.5 Å². The second-order valence-corrected chi connectivity index (χ2v) is 7.78. The maximum absolute atomic E-state index is 11.9. The van der Waals surface area contributed by atoms with Gasteiger partial charge in [0.1, 0.15) is 24.2 Å². The van der Waals surface area contributed by atoms with Crippen LogP contribution >= 0.6 is 0 Å². The quantitative estimate of drug-likeness (QED) is 0.484. The fraction of sp³-hybridized carbons (Fsp3) is 0.120. The van der Waals surface area contributed by atoms with Crippen LogP contribution in [-0.2, 0) is 4.74 Å². The zero-order valence-electron chi connectivity index (χ0n) is 17.7. The van der Waals surface area contributed by atoms with Gasteiger partial charge in [0.05, 0.1) is 18.4 Å². The van der Waals surface area contributed by atoms with E-state index >= 15 is 0 Å². The number of carbonyl (C=O) groups is 1. The van der Waals surface area contributed by atoms with Gasteiger partial charge in [-0.2, -0.15) is 10.1 Å². The summed E-state index contributed by atoms with van der Waals surface area (Å²) in [6.07, 6.45) is 4.70. The molecular formula is C25H19N5O3. The molecule has 0 radical (unpaired) electrons. The summed E-state index contributed by atoms with van der Waals surface area (Å²) in [6.45, 7) is 0. The largest absolute Gasteiger partial charge is 0.480 e. The number of carbonyl (C=O) groups excluding carboxylic acids is 1. The SMILES string of the molecule is COC(=O)c1ccc([C@@H]2Oc3ccccc3C3=C2[C@H](c2cccnc2)n2ncnc2N3)cc1. The lowest BCUT2D eigenvalue weighted by molar-refractivity contribution is 0.0600. The molecule has 8 heteroatoms. The Kier molecular flexibility index (Phi) is 4.43. The van der Waals surface area contributed by atoms with Gasteiger partial charge in [0.25, 0.3) is 0 Å². The van der Waals surface area contributed by atoms with Gasteiger partial charge in [-0.3, -0.25) is 4.98 Å². The molecule has 0 aliphatic carbocycles. The molecule has 8 nitrogen and oxygen atoms in total. The van der Waals surface area contributed by atoms with Gasteiger partial charge in [0.15, 0.2) is 0 Å². The van der Waals surface area contributed by atoms with Gasteiger partial charge >= 0.3 is 5.97 Å². The maximum Gasteiger partial charge on any atom is 0.337 e. The van der Waals surface area contributed by atoms with Crippen molar-refractivity contribution in [2.24, 2.45) is 0 Å². The Bertz CT molecular complexity index is 1380. The van der Waals surface area contributed by atoms with Crippen molar-refractivity contribution in [1.29, 1.82) is 0 Å². The lowest BCUT2D eigenvalue weighted by Gasteiger charge is -2.38. The summed E-state index contributed by atoms with van der Waals surface area (Å²) >= 11 is 0. The molecule has 2 aliphatic rings. The van der Waals surface area contributed by atoms with Crippen LogP contribution in [0.3, 0.4) is 0 Å². The number of aromatic nitrogens is 4. The van der Waals surface area contributed by atoms with Crippen molar-refractivity contribution in [3.63, 3.8) is 0 Å². The third kappa shape index (κ3) is 3.07. The first-order valence-electron chi connectivity index (χ1n) is 10.5. The number of fused-ring (bicyclic) bond motifs is 3. The summed E-state index contributed by atoms with van der Waals surface area (Å²) in [4.78, 5) is 20.7. The summed E-state index contributed by atoms with van der Waals surface area (Å²) in [5.74, 6) is 1.04. The molecule has 33 heavy (non-hydrogen) atoms. The minimum Gasteiger partial charge on any atom is -0.480 e. The number of benzene rings is 2. The molecule has 2 aliphatic heterocycles. The van der Waals surface area contributed by atoms with E-state index in [2.05, 4.69) is 20.4 Å². The summed E-state index contributed by atoms with van der Waals surface area (Å²) in [6, 6.07) is 18.9. The van der Waals surface area contributed by atoms with E-state index in [-0.39, 0.29) is 12.0 Å². The molecule has 6 rings (SSSR count). The third-order valence-electron chi connectivity index (χ3n) is 5.96. The molecule has 0 unspecified atom stereocenters. The van der Waals surface area contributed by atoms with Gasteiger partial charge in [0.2, 0.25) is 5.95 Å². The van der Waals surface area contributed by atoms with Crippen molar-refractivity contribution >= 4 is 17.6 Å². The van der Waals surface area contributed by atoms with Crippen molar-refractivity contribution in [2.75, 3.05) is 12.4 Å². The number of nitrogens with one attached hydrogen (secondary N) is 1. The summed E-state index contributed by atoms with van der Waals surface area (Å²) in [7, 11) is 1.37. The van der Waals surface area contributed by atoms with E-state index in [0.717, 1.165) is 33.7 Å². The number of methoxy groups -OCH3 is 1. The number of hydrogen-bond acceptors (Lipinski definition) is 7. The molecule has 0 amide bonds. The predicted octanol–water partition coefficient (Wildman–Crippen LogP) is 4.02. The highest BCUT2D eigenvalue weighted by atomic mass is 16.5. The van der Waals surface area contributed by atoms with Crippen LogP contribution in [-0.4, -0.2) is 32.8 Å². The molecule has 4 aromatic rings. The van der Waals surface area contributed by atoms with E-state index in [1.807, 2.05) is 59.4 Å². The van der Waals surface area contributed by atoms with Gasteiger partial charge in [0, 0.05) is 23.5 Å². The van der Waals surface area contributed by atoms with Crippen LogP contribution in [0.25, 0.3) is 5.70 Å². The zero-order chi connectivity index (χ0) is 22.4. The number of para-hydroxylation sites is 1. The lowest BCUT2D eigenvalue weighted by atomic mass is 9.85. The highest BCUT2D eigenvalue weighted by molar-refractivity contribution is 5.89. The van der Waals surface area contributed by atoms with Crippen LogP contribution < -0.4 is 10.1 Å². The molecule has 4 heterocycles. The molecule has 0 fully saturated rings. The van der Waals surface area contributed by atoms with Crippen LogP contribution in [0.2, 0.25) is 0 Å². The first-order chi connectivity index (χ1) is 16.2. The minimum atomic E-state index is -0.420. The fourth-order valence-corrected chi connectivity index (χ4v) is 4.46. The van der Waals surface area contributed by atoms with Crippen LogP contribution in [0.5, 0.6) is 5.75 Å². The molecule has 2 atom stereocenters. The van der Waals surface area contributed by atoms with Crippen LogP contribution in [0.15, 0.2) is 85.0 Å². The van der Waals surface area contributed by atoms with E-state index in [1.54, 1.807) is 18.3 Å². The first kappa shape index (κ1) is 19.2. The summed E-state index contributed by atoms with van der Waals surface area (Å²) < 4.78 is 13.3. The van der Waals surface area contributed by atoms with E-state index in [0.29, 0.717) is 11.5 Å². The average Bonchev–Trinajstić information content (AvgIpc) is 3.35. The third-order valence-corrected chi connectivity index (χ3v) is 5.96. The smallest absolute Gasteiger partial charge is 0.337 e. The molecule has 0 bridgehead atoms. The highest BCUT2D eigenvalue weighted by Crippen LogP contribution is 2.50. The van der Waals surface area contributed by atoms with Crippen LogP contribution in [0.4, 0.5) is 5.95 Å². The van der Waals surface area contributed by atoms with Crippen LogP contribution in [0, 0.1) is 0 Å². The number of hydrogen-bond donors (Lipinski definition) is 1. The average molecular weight is 437 g/mol. The Morgan fingerprint density at radius 2 is 1.91 bits per heavy atom. The number of pyridine rings is 1. The number of rotatable bonds is 3. The molecule has 2 aromatic heterocycles. The van der Waals surface area contributed by atoms with E-state index < -0.39 is 6.10 Å². The normalized spacial score (nSPS) is 18.3. The topological polar surface area (TPSA) is 91.2 Å². The number of anilines is 1. The fourth-order valence-electron chi connectivity index (χ4n) is 4.46. The van der Waals surface area contributed by atoms with Gasteiger partial charge in [-0.15, -0.1) is 0 Å². The molecule has 1 N–H and O–H groups in total. The predicted molar refractivity (Wildman–Crippen MR) is 121 cm³/mol. The van der Waals surface area contributed by atoms with Crippen molar-refractivity contribution in [3.8, 4) is 5.75 Å². The van der Waals surface area contributed by atoms with E-state index in [1.165, 1.54) is 13.4 Å². The molecule has 2 aromatic carbocycles. The maximum atomic E-state index is 11.9. The minimum absolute atomic E-state index is 0.272. The second kappa shape index (κ2) is 7.59. The van der Waals surface area contributed by atoms with Crippen LogP contribution in [0.1, 0.15) is 39.2 Å². The lowest BCUT2D eigenvalue weighted by Crippen LogP contribution is -2.32. The molecule has 162 valence electrons. The van der Waals surface area contributed by atoms with Gasteiger partial charge in [-0.25, -0.2) is 9.48 Å². The highest BCUT2D eigenvalue weighted by Gasteiger charge is 2.40. The summed E-state index contributed by atoms with van der Waals surface area (Å²) in [5, 5.41) is 7.97. The van der Waals surface area contributed by atoms with Gasteiger partial charge < -0.3 is 14.8 Å². The Labute approximate surface area is 189 Å². The molecule has 0 saturated carbocycles. The number of esters is 1. The molecule has 0 saturated heterocycles. The van der Waals surface area contributed by atoms with Crippen molar-refractivity contribution in [3.05, 3.63) is 107 Å². The molecular weight excluding hydrogens is 418 g/mol. The molecule has 0 spiro atoms. The standard InChI is InChI=1S/C25H19N5O3/c1-32-24(31)16-10-8-15(9-11-16)23-20-21(18-6-2-3-7-19(18)33-23)29-25-27-14-28-30(25)22(20)17-5-4-12-26-13-17/h2-14,22-23H,1H3,(H,27,28,29)/t22-,23-/m0/s1. The summed E-state index contributed by atoms with van der Waals surface area (Å²) in [5.41, 5.74) is 5.24. The van der Waals surface area contributed by atoms with Crippen molar-refractivity contribution in [2.45, 2.75) is 12.1 Å². The monoisotopic (exact) mass is 437 g/mol. The number of ether oxygens (including phenoxy) is 2. The number of nitrogens with zero attached hydrogens (tertiary/aromatic N) is 4. The first-order valence-corrected chi connectivity index (χ1v) is 10.5.